The van der Waals surface area contributed by atoms with Gasteiger partial charge in [0.1, 0.15) is 19.3 Å². The van der Waals surface area contributed by atoms with Gasteiger partial charge in [0.15, 0.2) is 0 Å². The van der Waals surface area contributed by atoms with Gasteiger partial charge in [0, 0.05) is 13.0 Å². The first-order valence-corrected chi connectivity index (χ1v) is 27.4. The average Bonchev–Trinajstić information content (AvgIpc) is 3.27. The molecular weight excluding hydrogens is 830 g/mol. The molecule has 0 radical (unpaired) electrons. The van der Waals surface area contributed by atoms with Crippen LogP contribution in [0.2, 0.25) is 0 Å². The predicted molar refractivity (Wildman–Crippen MR) is 277 cm³/mol. The van der Waals surface area contributed by atoms with Crippen LogP contribution in [0.4, 0.5) is 0 Å². The van der Waals surface area contributed by atoms with E-state index in [1.165, 1.54) is 89.9 Å². The number of carbonyl (C=O) groups is 1. The van der Waals surface area contributed by atoms with Gasteiger partial charge in [0.25, 0.3) is 7.82 Å². The van der Waals surface area contributed by atoms with E-state index in [-0.39, 0.29) is 32.2 Å². The van der Waals surface area contributed by atoms with Gasteiger partial charge in [-0.15, -0.1) is 0 Å². The SMILES string of the molecule is CC/C=C\C/C=C\C/C=C\C/C=C\C/C=C\C/C=C\C/C=C\CCCCCC(=O)OC(COCCCCCCCCCC/C=C\CCCCCCCC)COP(=O)([O-])OCC[N+](C)(C)C. The summed E-state index contributed by atoms with van der Waals surface area (Å²) >= 11 is 0. The summed E-state index contributed by atoms with van der Waals surface area (Å²) in [6.07, 6.45) is 65.7. The molecule has 0 amide bonds. The molecule has 0 spiro atoms. The number of rotatable bonds is 47. The van der Waals surface area contributed by atoms with Crippen molar-refractivity contribution in [2.24, 2.45) is 0 Å². The number of phosphoric ester groups is 1. The number of likely N-dealkylation sites (N-methyl/N-ethyl adjacent to an activating group) is 1. The van der Waals surface area contributed by atoms with Crippen LogP contribution >= 0.6 is 7.82 Å². The topological polar surface area (TPSA) is 94.1 Å². The van der Waals surface area contributed by atoms with Crippen LogP contribution in [0.15, 0.2) is 97.2 Å². The molecule has 0 aromatic rings. The smallest absolute Gasteiger partial charge is 0.306 e. The fraction of sp³-hybridized carbons (Fsp3) is 0.696. The van der Waals surface area contributed by atoms with Crippen molar-refractivity contribution < 1.29 is 37.3 Å². The lowest BCUT2D eigenvalue weighted by Crippen LogP contribution is -2.37. The molecule has 0 aliphatic heterocycles. The van der Waals surface area contributed by atoms with Gasteiger partial charge in [-0.3, -0.25) is 9.36 Å². The summed E-state index contributed by atoms with van der Waals surface area (Å²) in [5.74, 6) is -0.369. The lowest BCUT2D eigenvalue weighted by molar-refractivity contribution is -0.870. The summed E-state index contributed by atoms with van der Waals surface area (Å²) in [5.41, 5.74) is 0. The Bertz CT molecular complexity index is 1360. The maximum absolute atomic E-state index is 12.7. The molecule has 0 saturated carbocycles. The van der Waals surface area contributed by atoms with Crippen LogP contribution in [-0.4, -0.2) is 70.7 Å². The van der Waals surface area contributed by atoms with Gasteiger partial charge >= 0.3 is 5.97 Å². The van der Waals surface area contributed by atoms with Crippen LogP contribution in [0.1, 0.15) is 194 Å². The standard InChI is InChI=1S/C56H98NO7P/c1-6-8-10-12-14-16-18-20-22-24-26-27-28-29-30-31-32-33-35-37-39-41-43-45-47-49-56(58)64-55(54-63-65(59,60)62-52-50-57(3,4)5)53-61-51-48-46-44-42-40-38-36-34-25-23-21-19-17-15-13-11-9-7-2/h8,10,14,16,20-23,26-27,29-30,32-33,37,39,55H,6-7,9,11-13,15,17-19,24-25,28,31,34-36,38,40-54H2,1-5H3/b10-8-,16-14-,22-20-,23-21-,27-26-,30-29-,33-32-,39-37-. The number of esters is 1. The molecule has 65 heavy (non-hydrogen) atoms. The Morgan fingerprint density at radius 1 is 0.492 bits per heavy atom. The second-order valence-corrected chi connectivity index (χ2v) is 19.6. The molecule has 0 saturated heterocycles. The third kappa shape index (κ3) is 52.3. The van der Waals surface area contributed by atoms with E-state index in [4.69, 9.17) is 18.5 Å². The summed E-state index contributed by atoms with van der Waals surface area (Å²) in [6, 6.07) is 0. The van der Waals surface area contributed by atoms with E-state index in [2.05, 4.69) is 111 Å². The molecule has 2 unspecified atom stereocenters. The largest absolute Gasteiger partial charge is 0.756 e. The first-order valence-electron chi connectivity index (χ1n) is 26.0. The van der Waals surface area contributed by atoms with Crippen molar-refractivity contribution in [3.8, 4) is 0 Å². The van der Waals surface area contributed by atoms with Crippen LogP contribution in [0, 0.1) is 0 Å². The van der Waals surface area contributed by atoms with E-state index in [0.29, 0.717) is 24.1 Å². The Morgan fingerprint density at radius 2 is 0.892 bits per heavy atom. The lowest BCUT2D eigenvalue weighted by Gasteiger charge is -2.28. The van der Waals surface area contributed by atoms with Crippen molar-refractivity contribution >= 4 is 13.8 Å². The number of phosphoric acid groups is 1. The fourth-order valence-corrected chi connectivity index (χ4v) is 7.37. The Labute approximate surface area is 400 Å². The lowest BCUT2D eigenvalue weighted by atomic mass is 10.1. The van der Waals surface area contributed by atoms with E-state index in [9.17, 15) is 14.3 Å². The van der Waals surface area contributed by atoms with Gasteiger partial charge < -0.3 is 27.9 Å². The highest BCUT2D eigenvalue weighted by atomic mass is 31.2. The molecule has 0 fully saturated rings. The van der Waals surface area contributed by atoms with Gasteiger partial charge in [-0.25, -0.2) is 0 Å². The minimum atomic E-state index is -4.55. The summed E-state index contributed by atoms with van der Waals surface area (Å²) in [7, 11) is 1.32. The Hall–Kier alpha value is -2.58. The van der Waals surface area contributed by atoms with Gasteiger partial charge in [0.05, 0.1) is 34.4 Å². The minimum Gasteiger partial charge on any atom is -0.756 e. The van der Waals surface area contributed by atoms with E-state index in [1.54, 1.807) is 0 Å². The number of ether oxygens (including phenoxy) is 2. The highest BCUT2D eigenvalue weighted by Crippen LogP contribution is 2.38. The normalized spacial score (nSPS) is 14.4. The van der Waals surface area contributed by atoms with Crippen molar-refractivity contribution in [3.05, 3.63) is 97.2 Å². The van der Waals surface area contributed by atoms with Crippen molar-refractivity contribution in [3.63, 3.8) is 0 Å². The van der Waals surface area contributed by atoms with Crippen LogP contribution < -0.4 is 4.89 Å². The Balaban J connectivity index is 4.26. The highest BCUT2D eigenvalue weighted by molar-refractivity contribution is 7.45. The van der Waals surface area contributed by atoms with Crippen LogP contribution in [-0.2, 0) is 27.9 Å². The number of hydrogen-bond donors (Lipinski definition) is 0. The average molecular weight is 928 g/mol. The van der Waals surface area contributed by atoms with Crippen molar-refractivity contribution in [1.29, 1.82) is 0 Å². The molecule has 0 aromatic heterocycles. The van der Waals surface area contributed by atoms with Gasteiger partial charge in [0.2, 0.25) is 0 Å². The van der Waals surface area contributed by atoms with Crippen molar-refractivity contribution in [2.45, 2.75) is 200 Å². The summed E-state index contributed by atoms with van der Waals surface area (Å²) in [4.78, 5) is 25.2. The Kier molecular flexibility index (Phi) is 46.0. The molecule has 2 atom stereocenters. The third-order valence-electron chi connectivity index (χ3n) is 10.6. The maximum atomic E-state index is 12.7. The second kappa shape index (κ2) is 47.9. The van der Waals surface area contributed by atoms with Crippen molar-refractivity contribution in [2.75, 3.05) is 54.1 Å². The third-order valence-corrected chi connectivity index (χ3v) is 11.6. The van der Waals surface area contributed by atoms with Crippen molar-refractivity contribution in [1.82, 2.24) is 0 Å². The summed E-state index contributed by atoms with van der Waals surface area (Å²) < 4.78 is 34.7. The van der Waals surface area contributed by atoms with E-state index >= 15 is 0 Å². The van der Waals surface area contributed by atoms with Crippen LogP contribution in [0.25, 0.3) is 0 Å². The zero-order valence-corrected chi connectivity index (χ0v) is 43.3. The zero-order valence-electron chi connectivity index (χ0n) is 42.4. The van der Waals surface area contributed by atoms with E-state index in [1.807, 2.05) is 21.1 Å². The van der Waals surface area contributed by atoms with Gasteiger partial charge in [-0.1, -0.05) is 188 Å². The summed E-state index contributed by atoms with van der Waals surface area (Å²) in [6.45, 7) is 5.23. The quantitative estimate of drug-likeness (QED) is 0.0197. The number of allylic oxidation sites excluding steroid dienone is 16. The highest BCUT2D eigenvalue weighted by Gasteiger charge is 2.20. The maximum Gasteiger partial charge on any atom is 0.306 e. The summed E-state index contributed by atoms with van der Waals surface area (Å²) in [5, 5.41) is 0. The molecule has 374 valence electrons. The van der Waals surface area contributed by atoms with E-state index < -0.39 is 13.9 Å². The van der Waals surface area contributed by atoms with Crippen LogP contribution in [0.3, 0.4) is 0 Å². The number of nitrogens with zero attached hydrogens (tertiary/aromatic N) is 1. The predicted octanol–water partition coefficient (Wildman–Crippen LogP) is 15.5. The molecule has 0 aliphatic rings. The first kappa shape index (κ1) is 62.4. The minimum absolute atomic E-state index is 0.0135. The number of hydrogen-bond acceptors (Lipinski definition) is 7. The zero-order chi connectivity index (χ0) is 47.6. The molecule has 0 aromatic carbocycles. The number of quaternary nitrogens is 1. The number of unbranched alkanes of at least 4 members (excludes halogenated alkanes) is 17. The Morgan fingerprint density at radius 3 is 1.35 bits per heavy atom. The monoisotopic (exact) mass is 928 g/mol. The van der Waals surface area contributed by atoms with Gasteiger partial charge in [-0.2, -0.15) is 0 Å². The molecule has 0 aliphatic carbocycles. The number of carbonyl (C=O) groups excluding carboxylic acids is 1. The van der Waals surface area contributed by atoms with Gasteiger partial charge in [-0.05, 0) is 96.3 Å². The van der Waals surface area contributed by atoms with E-state index in [0.717, 1.165) is 77.0 Å². The molecule has 8 nitrogen and oxygen atoms in total. The molecule has 0 N–H and O–H groups in total. The second-order valence-electron chi connectivity index (χ2n) is 18.1. The van der Waals surface area contributed by atoms with Crippen LogP contribution in [0.5, 0.6) is 0 Å². The molecule has 9 heteroatoms. The molecule has 0 rings (SSSR count). The molecule has 0 heterocycles. The molecule has 0 bridgehead atoms. The molecular formula is C56H98NO7P. The first-order chi connectivity index (χ1) is 31.6. The fourth-order valence-electron chi connectivity index (χ4n) is 6.64.